The molecule has 0 unspecified atom stereocenters. The molecule has 0 atom stereocenters. The first-order chi connectivity index (χ1) is 10.6. The molecule has 0 saturated heterocycles. The lowest BCUT2D eigenvalue weighted by atomic mass is 9.34. The van der Waals surface area contributed by atoms with Crippen LogP contribution in [0.25, 0.3) is 11.0 Å². The smallest absolute Gasteiger partial charge is 0.298 e. The third-order valence-electron chi connectivity index (χ3n) is 5.26. The van der Waals surface area contributed by atoms with Gasteiger partial charge in [0.25, 0.3) is 5.56 Å². The van der Waals surface area contributed by atoms with Crippen LogP contribution in [0.2, 0.25) is 5.28 Å². The second-order valence-electron chi connectivity index (χ2n) is 6.65. The van der Waals surface area contributed by atoms with Crippen LogP contribution in [0.4, 0.5) is 13.2 Å². The zero-order valence-corrected chi connectivity index (χ0v) is 13.1. The van der Waals surface area contributed by atoms with E-state index in [0.29, 0.717) is 11.5 Å². The Bertz CT molecular complexity index is 901. The van der Waals surface area contributed by atoms with Gasteiger partial charge in [0.2, 0.25) is 5.28 Å². The van der Waals surface area contributed by atoms with Gasteiger partial charge in [0.1, 0.15) is 11.3 Å². The number of aryl methyl sites for hydroxylation is 1. The molecule has 2 bridgehead atoms. The lowest BCUT2D eigenvalue weighted by Crippen LogP contribution is -2.70. The summed E-state index contributed by atoms with van der Waals surface area (Å²) in [5.74, 6) is 0.451. The molecule has 0 amide bonds. The van der Waals surface area contributed by atoms with Gasteiger partial charge >= 0.3 is 6.18 Å². The summed E-state index contributed by atoms with van der Waals surface area (Å²) in [6.07, 6.45) is -4.29. The Labute approximate surface area is 133 Å². The van der Waals surface area contributed by atoms with Crippen LogP contribution >= 0.6 is 11.6 Å². The monoisotopic (exact) mass is 344 g/mol. The van der Waals surface area contributed by atoms with Gasteiger partial charge in [0.15, 0.2) is 5.52 Å². The number of hydrogen-bond donors (Lipinski definition) is 0. The first kappa shape index (κ1) is 14.9. The van der Waals surface area contributed by atoms with Crippen molar-refractivity contribution in [3.05, 3.63) is 27.2 Å². The molecule has 0 radical (unpaired) electrons. The van der Waals surface area contributed by atoms with Gasteiger partial charge in [-0.1, -0.05) is 0 Å². The van der Waals surface area contributed by atoms with Crippen molar-refractivity contribution in [1.82, 2.24) is 19.5 Å². The molecule has 0 aliphatic heterocycles. The highest BCUT2D eigenvalue weighted by atomic mass is 35.5. The summed E-state index contributed by atoms with van der Waals surface area (Å²) in [7, 11) is 1.56. The van der Waals surface area contributed by atoms with Gasteiger partial charge in [0.05, 0.1) is 11.1 Å². The SMILES string of the molecule is Cc1nc2c(C34CC(C(F)(F)F)(C3)C4)nc(Cl)nc2c(=O)n1C. The van der Waals surface area contributed by atoms with Crippen molar-refractivity contribution < 1.29 is 13.2 Å². The fourth-order valence-electron chi connectivity index (χ4n) is 3.93. The first-order valence-electron chi connectivity index (χ1n) is 7.07. The van der Waals surface area contributed by atoms with E-state index in [0.717, 1.165) is 0 Å². The summed E-state index contributed by atoms with van der Waals surface area (Å²) in [4.78, 5) is 24.7. The summed E-state index contributed by atoms with van der Waals surface area (Å²) in [6.45, 7) is 1.65. The highest BCUT2D eigenvalue weighted by Crippen LogP contribution is 2.78. The zero-order chi connectivity index (χ0) is 16.8. The number of halogens is 4. The van der Waals surface area contributed by atoms with E-state index >= 15 is 0 Å². The van der Waals surface area contributed by atoms with Gasteiger partial charge in [-0.2, -0.15) is 13.2 Å². The predicted molar refractivity (Wildman–Crippen MR) is 76.3 cm³/mol. The van der Waals surface area contributed by atoms with E-state index in [-0.39, 0.29) is 41.1 Å². The van der Waals surface area contributed by atoms with Crippen LogP contribution in [0.15, 0.2) is 4.79 Å². The molecule has 0 aromatic carbocycles. The molecular weight excluding hydrogens is 333 g/mol. The molecule has 2 heterocycles. The summed E-state index contributed by atoms with van der Waals surface area (Å²) in [5, 5.41) is -0.138. The predicted octanol–water partition coefficient (Wildman–Crippen LogP) is 2.67. The molecule has 5 nitrogen and oxygen atoms in total. The summed E-state index contributed by atoms with van der Waals surface area (Å²) < 4.78 is 40.5. The van der Waals surface area contributed by atoms with Crippen LogP contribution in [0.5, 0.6) is 0 Å². The standard InChI is InChI=1S/C14H12ClF3N4O/c1-6-19-7-8(10(23)22(6)2)20-11(15)21-9(7)12-3-13(4-12,5-12)14(16,17)18/h3-5H2,1-2H3. The number of nitrogens with zero attached hydrogens (tertiary/aromatic N) is 4. The molecule has 23 heavy (non-hydrogen) atoms. The third kappa shape index (κ3) is 1.70. The van der Waals surface area contributed by atoms with E-state index in [1.807, 2.05) is 0 Å². The largest absolute Gasteiger partial charge is 0.394 e. The topological polar surface area (TPSA) is 60.7 Å². The van der Waals surface area contributed by atoms with Crippen LogP contribution in [-0.2, 0) is 12.5 Å². The Morgan fingerprint density at radius 1 is 1.13 bits per heavy atom. The summed E-state index contributed by atoms with van der Waals surface area (Å²) in [5.41, 5.74) is -1.98. The van der Waals surface area contributed by atoms with Crippen molar-refractivity contribution >= 4 is 22.6 Å². The molecule has 3 saturated carbocycles. The average Bonchev–Trinajstić information content (AvgIpc) is 2.32. The van der Waals surface area contributed by atoms with Gasteiger partial charge in [-0.25, -0.2) is 15.0 Å². The maximum atomic E-state index is 13.1. The molecule has 2 aromatic rings. The molecule has 3 aliphatic rings. The van der Waals surface area contributed by atoms with Gasteiger partial charge < -0.3 is 0 Å². The van der Waals surface area contributed by atoms with Gasteiger partial charge in [-0.15, -0.1) is 0 Å². The maximum Gasteiger partial charge on any atom is 0.394 e. The zero-order valence-electron chi connectivity index (χ0n) is 12.3. The Hall–Kier alpha value is -1.70. The van der Waals surface area contributed by atoms with Crippen molar-refractivity contribution in [2.45, 2.75) is 37.8 Å². The van der Waals surface area contributed by atoms with E-state index in [4.69, 9.17) is 11.6 Å². The molecular formula is C14H12ClF3N4O. The van der Waals surface area contributed by atoms with Crippen molar-refractivity contribution in [3.63, 3.8) is 0 Å². The Balaban J connectivity index is 1.89. The summed E-state index contributed by atoms with van der Waals surface area (Å²) >= 11 is 5.90. The van der Waals surface area contributed by atoms with Gasteiger partial charge in [-0.3, -0.25) is 9.36 Å². The van der Waals surface area contributed by atoms with Crippen molar-refractivity contribution in [3.8, 4) is 0 Å². The maximum absolute atomic E-state index is 13.1. The van der Waals surface area contributed by atoms with Crippen LogP contribution in [0.3, 0.4) is 0 Å². The Kier molecular flexibility index (Phi) is 2.61. The Morgan fingerprint density at radius 2 is 1.74 bits per heavy atom. The van der Waals surface area contributed by atoms with Crippen LogP contribution in [0, 0.1) is 12.3 Å². The molecule has 5 rings (SSSR count). The fourth-order valence-corrected chi connectivity index (χ4v) is 4.10. The first-order valence-corrected chi connectivity index (χ1v) is 7.45. The molecule has 0 N–H and O–H groups in total. The molecule has 9 heteroatoms. The average molecular weight is 345 g/mol. The van der Waals surface area contributed by atoms with Crippen LogP contribution < -0.4 is 5.56 Å². The minimum Gasteiger partial charge on any atom is -0.298 e. The number of rotatable bonds is 1. The quantitative estimate of drug-likeness (QED) is 0.746. The minimum atomic E-state index is -4.21. The van der Waals surface area contributed by atoms with Crippen molar-refractivity contribution in [2.24, 2.45) is 12.5 Å². The lowest BCUT2D eigenvalue weighted by Gasteiger charge is -2.70. The van der Waals surface area contributed by atoms with E-state index in [2.05, 4.69) is 15.0 Å². The second-order valence-corrected chi connectivity index (χ2v) is 6.99. The van der Waals surface area contributed by atoms with Crippen molar-refractivity contribution in [1.29, 1.82) is 0 Å². The molecule has 3 fully saturated rings. The van der Waals surface area contributed by atoms with E-state index in [9.17, 15) is 18.0 Å². The van der Waals surface area contributed by atoms with Crippen LogP contribution in [0.1, 0.15) is 30.8 Å². The normalized spacial score (nSPS) is 29.3. The van der Waals surface area contributed by atoms with Gasteiger partial charge in [0, 0.05) is 12.5 Å². The molecule has 3 aliphatic carbocycles. The van der Waals surface area contributed by atoms with E-state index in [1.54, 1.807) is 14.0 Å². The molecule has 2 aromatic heterocycles. The molecule has 122 valence electrons. The molecule has 0 spiro atoms. The van der Waals surface area contributed by atoms with Gasteiger partial charge in [-0.05, 0) is 37.8 Å². The number of fused-ring (bicyclic) bond motifs is 1. The van der Waals surface area contributed by atoms with Crippen LogP contribution in [-0.4, -0.2) is 25.7 Å². The summed E-state index contributed by atoms with van der Waals surface area (Å²) in [6, 6.07) is 0. The highest BCUT2D eigenvalue weighted by Gasteiger charge is 2.79. The third-order valence-corrected chi connectivity index (χ3v) is 5.43. The highest BCUT2D eigenvalue weighted by molar-refractivity contribution is 6.28. The number of hydrogen-bond acceptors (Lipinski definition) is 4. The van der Waals surface area contributed by atoms with Crippen molar-refractivity contribution in [2.75, 3.05) is 0 Å². The van der Waals surface area contributed by atoms with E-state index < -0.39 is 17.0 Å². The second kappa shape index (κ2) is 4.03. The fraction of sp³-hybridized carbons (Fsp3) is 0.571. The minimum absolute atomic E-state index is 0.0259. The number of alkyl halides is 3. The lowest BCUT2D eigenvalue weighted by molar-refractivity contribution is -0.337. The Morgan fingerprint density at radius 3 is 2.30 bits per heavy atom. The van der Waals surface area contributed by atoms with E-state index in [1.165, 1.54) is 4.57 Å². The number of aromatic nitrogens is 4.